The molecule has 28 heavy (non-hydrogen) atoms. The number of nitrogens with zero attached hydrogens (tertiary/aromatic N) is 3. The number of benzene rings is 1. The Morgan fingerprint density at radius 1 is 1.18 bits per heavy atom. The second-order valence-electron chi connectivity index (χ2n) is 8.11. The van der Waals surface area contributed by atoms with Gasteiger partial charge < -0.3 is 15.4 Å². The van der Waals surface area contributed by atoms with Crippen molar-refractivity contribution in [3.05, 3.63) is 24.3 Å². The van der Waals surface area contributed by atoms with E-state index in [0.29, 0.717) is 5.92 Å². The van der Waals surface area contributed by atoms with E-state index in [1.54, 1.807) is 7.11 Å². The molecule has 2 N–H and O–H groups in total. The van der Waals surface area contributed by atoms with Crippen LogP contribution in [0.3, 0.4) is 0 Å². The summed E-state index contributed by atoms with van der Waals surface area (Å²) in [4.78, 5) is 16.4. The molecule has 1 heterocycles. The van der Waals surface area contributed by atoms with Gasteiger partial charge in [0, 0.05) is 31.9 Å². The molecule has 2 fully saturated rings. The number of amides is 1. The smallest absolute Gasteiger partial charge is 0.235 e. The van der Waals surface area contributed by atoms with Gasteiger partial charge in [0.2, 0.25) is 5.91 Å². The van der Waals surface area contributed by atoms with Crippen LogP contribution >= 0.6 is 0 Å². The van der Waals surface area contributed by atoms with E-state index < -0.39 is 11.8 Å². The summed E-state index contributed by atoms with van der Waals surface area (Å²) in [5.74, 6) is 0.705. The summed E-state index contributed by atoms with van der Waals surface area (Å²) in [5, 5.41) is 9.15. The lowest BCUT2D eigenvalue weighted by molar-refractivity contribution is -0.122. The zero-order chi connectivity index (χ0) is 19.9. The summed E-state index contributed by atoms with van der Waals surface area (Å²) in [6.07, 6.45) is 5.35. The van der Waals surface area contributed by atoms with Crippen molar-refractivity contribution in [3.63, 3.8) is 0 Å². The molecule has 2 aliphatic rings. The molecule has 3 rings (SSSR count). The predicted molar refractivity (Wildman–Crippen MR) is 110 cm³/mol. The molecule has 6 heteroatoms. The van der Waals surface area contributed by atoms with Gasteiger partial charge >= 0.3 is 0 Å². The second kappa shape index (κ2) is 9.79. The van der Waals surface area contributed by atoms with Gasteiger partial charge in [0.1, 0.15) is 11.7 Å². The number of rotatable bonds is 7. The molecule has 6 nitrogen and oxygen atoms in total. The fourth-order valence-corrected chi connectivity index (χ4v) is 4.60. The summed E-state index contributed by atoms with van der Waals surface area (Å²) in [6, 6.07) is 10.4. The zero-order valence-corrected chi connectivity index (χ0v) is 16.8. The molecule has 1 aliphatic heterocycles. The molecule has 1 unspecified atom stereocenters. The maximum atomic E-state index is 11.4. The molecule has 1 saturated heterocycles. The number of hydrogen-bond acceptors (Lipinski definition) is 5. The predicted octanol–water partition coefficient (Wildman–Crippen LogP) is 2.64. The number of anilines is 1. The van der Waals surface area contributed by atoms with Crippen LogP contribution in [0.4, 0.5) is 5.69 Å². The molecule has 1 aliphatic carbocycles. The van der Waals surface area contributed by atoms with Crippen molar-refractivity contribution >= 4 is 11.6 Å². The maximum absolute atomic E-state index is 11.4. The first-order chi connectivity index (χ1) is 13.6. The third-order valence-corrected chi connectivity index (χ3v) is 6.47. The van der Waals surface area contributed by atoms with E-state index in [9.17, 15) is 4.79 Å². The summed E-state index contributed by atoms with van der Waals surface area (Å²) in [6.45, 7) is 5.45. The van der Waals surface area contributed by atoms with Gasteiger partial charge in [-0.3, -0.25) is 9.69 Å². The largest absolute Gasteiger partial charge is 0.497 e. The van der Waals surface area contributed by atoms with Gasteiger partial charge in [-0.2, -0.15) is 5.26 Å². The van der Waals surface area contributed by atoms with Crippen LogP contribution in [-0.4, -0.2) is 50.6 Å². The Balaban J connectivity index is 1.37. The Bertz CT molecular complexity index is 669. The van der Waals surface area contributed by atoms with Gasteiger partial charge in [0.05, 0.1) is 13.2 Å². The van der Waals surface area contributed by atoms with Crippen molar-refractivity contribution in [2.45, 2.75) is 32.1 Å². The fraction of sp³-hybridized carbons (Fsp3) is 0.636. The van der Waals surface area contributed by atoms with Crippen LogP contribution in [-0.2, 0) is 4.79 Å². The van der Waals surface area contributed by atoms with Crippen LogP contribution in [0.15, 0.2) is 24.3 Å². The topological polar surface area (TPSA) is 82.6 Å². The lowest BCUT2D eigenvalue weighted by atomic mass is 9.75. The standard InChI is InChI=1S/C22H32N4O2/c1-28-20-8-6-19(7-9-20)26-14-12-25(13-15-26)11-10-17-2-4-18(5-3-17)21(16-23)22(24)27/h6-9,17-18,21H,2-5,10-15H2,1H3,(H2,24,27). The van der Waals surface area contributed by atoms with E-state index in [0.717, 1.165) is 64.2 Å². The molecule has 0 radical (unpaired) electrons. The number of methoxy groups -OCH3 is 1. The fourth-order valence-electron chi connectivity index (χ4n) is 4.60. The number of piperazine rings is 1. The van der Waals surface area contributed by atoms with Crippen LogP contribution in [0.2, 0.25) is 0 Å². The molecule has 1 amide bonds. The highest BCUT2D eigenvalue weighted by Crippen LogP contribution is 2.35. The molecule has 152 valence electrons. The number of carbonyl (C=O) groups excluding carboxylic acids is 1. The Labute approximate surface area is 168 Å². The van der Waals surface area contributed by atoms with E-state index in [1.807, 2.05) is 12.1 Å². The molecule has 0 spiro atoms. The monoisotopic (exact) mass is 384 g/mol. The molecule has 1 atom stereocenters. The minimum absolute atomic E-state index is 0.159. The Morgan fingerprint density at radius 3 is 2.36 bits per heavy atom. The van der Waals surface area contributed by atoms with E-state index in [1.165, 1.54) is 12.1 Å². The van der Waals surface area contributed by atoms with Crippen molar-refractivity contribution in [3.8, 4) is 11.8 Å². The van der Waals surface area contributed by atoms with Crippen LogP contribution in [0.25, 0.3) is 0 Å². The number of nitriles is 1. The summed E-state index contributed by atoms with van der Waals surface area (Å²) in [7, 11) is 1.69. The van der Waals surface area contributed by atoms with E-state index in [-0.39, 0.29) is 5.92 Å². The van der Waals surface area contributed by atoms with Crippen molar-refractivity contribution in [1.82, 2.24) is 4.90 Å². The van der Waals surface area contributed by atoms with Crippen LogP contribution in [0.1, 0.15) is 32.1 Å². The quantitative estimate of drug-likeness (QED) is 0.781. The van der Waals surface area contributed by atoms with E-state index in [2.05, 4.69) is 28.0 Å². The van der Waals surface area contributed by atoms with Crippen LogP contribution in [0.5, 0.6) is 5.75 Å². The van der Waals surface area contributed by atoms with Gasteiger partial charge in [-0.15, -0.1) is 0 Å². The number of carbonyl (C=O) groups is 1. The van der Waals surface area contributed by atoms with E-state index in [4.69, 9.17) is 15.7 Å². The van der Waals surface area contributed by atoms with E-state index >= 15 is 0 Å². The number of nitrogens with two attached hydrogens (primary N) is 1. The minimum Gasteiger partial charge on any atom is -0.497 e. The minimum atomic E-state index is -0.605. The summed E-state index contributed by atoms with van der Waals surface area (Å²) >= 11 is 0. The molecular formula is C22H32N4O2. The third-order valence-electron chi connectivity index (χ3n) is 6.47. The number of ether oxygens (including phenoxy) is 1. The van der Waals surface area contributed by atoms with Gasteiger partial charge in [0.25, 0.3) is 0 Å². The maximum Gasteiger partial charge on any atom is 0.235 e. The summed E-state index contributed by atoms with van der Waals surface area (Å²) < 4.78 is 5.24. The highest BCUT2D eigenvalue weighted by atomic mass is 16.5. The van der Waals surface area contributed by atoms with Crippen molar-refractivity contribution < 1.29 is 9.53 Å². The SMILES string of the molecule is COc1ccc(N2CCN(CCC3CCC(C(C#N)C(N)=O)CC3)CC2)cc1. The molecule has 1 aromatic rings. The molecular weight excluding hydrogens is 352 g/mol. The first-order valence-electron chi connectivity index (χ1n) is 10.4. The number of hydrogen-bond donors (Lipinski definition) is 1. The van der Waals surface area contributed by atoms with Crippen molar-refractivity contribution in [2.24, 2.45) is 23.5 Å². The number of primary amides is 1. The molecule has 1 saturated carbocycles. The first-order valence-corrected chi connectivity index (χ1v) is 10.4. The average Bonchev–Trinajstić information content (AvgIpc) is 2.74. The van der Waals surface area contributed by atoms with Crippen LogP contribution in [0, 0.1) is 29.1 Å². The van der Waals surface area contributed by atoms with Gasteiger partial charge in [-0.05, 0) is 61.9 Å². The summed E-state index contributed by atoms with van der Waals surface area (Å²) in [5.41, 5.74) is 6.62. The molecule has 1 aromatic carbocycles. The zero-order valence-electron chi connectivity index (χ0n) is 16.8. The van der Waals surface area contributed by atoms with Gasteiger partial charge in [-0.1, -0.05) is 12.8 Å². The Morgan fingerprint density at radius 2 is 1.82 bits per heavy atom. The second-order valence-corrected chi connectivity index (χ2v) is 8.11. The van der Waals surface area contributed by atoms with Gasteiger partial charge in [-0.25, -0.2) is 0 Å². The normalized spacial score (nSPS) is 24.4. The van der Waals surface area contributed by atoms with Gasteiger partial charge in [0.15, 0.2) is 0 Å². The highest BCUT2D eigenvalue weighted by Gasteiger charge is 2.31. The average molecular weight is 385 g/mol. The first kappa shape index (κ1) is 20.5. The highest BCUT2D eigenvalue weighted by molar-refractivity contribution is 5.79. The lowest BCUT2D eigenvalue weighted by Crippen LogP contribution is -2.47. The lowest BCUT2D eigenvalue weighted by Gasteiger charge is -2.37. The van der Waals surface area contributed by atoms with Crippen LogP contribution < -0.4 is 15.4 Å². The Hall–Kier alpha value is -2.26. The molecule has 0 aromatic heterocycles. The molecule has 0 bridgehead atoms. The Kier molecular flexibility index (Phi) is 7.16. The van der Waals surface area contributed by atoms with Crippen molar-refractivity contribution in [2.75, 3.05) is 44.7 Å². The third kappa shape index (κ3) is 5.17. The van der Waals surface area contributed by atoms with Crippen molar-refractivity contribution in [1.29, 1.82) is 5.26 Å².